The highest BCUT2D eigenvalue weighted by Crippen LogP contribution is 2.58. The Labute approximate surface area is 319 Å². The zero-order valence-corrected chi connectivity index (χ0v) is 30.5. The molecule has 264 valence electrons. The number of rotatable bonds is 6. The van der Waals surface area contributed by atoms with Crippen molar-refractivity contribution in [2.75, 3.05) is 9.80 Å². The van der Waals surface area contributed by atoms with Crippen LogP contribution in [0.3, 0.4) is 0 Å². The smallest absolute Gasteiger partial charge is 0.123 e. The summed E-state index contributed by atoms with van der Waals surface area (Å²) in [6.45, 7) is 4.71. The SMILES string of the molecule is CC1(C)c2c(cc(N(c3ccccc3)c3ccc(F)cc3)c3ccccc23)-c2c1c1ccc(N(c3ccccc3)c3ccc(F)cc3)cc1c1ccccc21. The normalized spacial score (nSPS) is 12.9. The molecule has 9 aromatic carbocycles. The molecule has 55 heavy (non-hydrogen) atoms. The summed E-state index contributed by atoms with van der Waals surface area (Å²) < 4.78 is 28.5. The fourth-order valence-electron chi connectivity index (χ4n) is 8.99. The molecule has 10 rings (SSSR count). The molecule has 0 heterocycles. The molecule has 0 aliphatic heterocycles. The molecule has 0 amide bonds. The van der Waals surface area contributed by atoms with E-state index in [0.717, 1.165) is 44.9 Å². The summed E-state index contributed by atoms with van der Waals surface area (Å²) in [6.07, 6.45) is 0. The second-order valence-electron chi connectivity index (χ2n) is 14.8. The van der Waals surface area contributed by atoms with Crippen LogP contribution in [0.1, 0.15) is 25.0 Å². The molecule has 1 aliphatic carbocycles. The minimum absolute atomic E-state index is 0.265. The van der Waals surface area contributed by atoms with Gasteiger partial charge in [0.25, 0.3) is 0 Å². The van der Waals surface area contributed by atoms with Gasteiger partial charge in [0.05, 0.1) is 5.69 Å². The second-order valence-corrected chi connectivity index (χ2v) is 14.8. The molecule has 0 fully saturated rings. The zero-order chi connectivity index (χ0) is 37.3. The molecule has 0 unspecified atom stereocenters. The molecule has 0 N–H and O–H groups in total. The summed E-state index contributed by atoms with van der Waals surface area (Å²) in [6, 6.07) is 60.6. The van der Waals surface area contributed by atoms with Crippen LogP contribution in [0.5, 0.6) is 0 Å². The van der Waals surface area contributed by atoms with E-state index in [1.54, 1.807) is 0 Å². The van der Waals surface area contributed by atoms with E-state index >= 15 is 0 Å². The molecule has 0 aromatic heterocycles. The van der Waals surface area contributed by atoms with Crippen LogP contribution in [-0.2, 0) is 5.41 Å². The number of anilines is 6. The van der Waals surface area contributed by atoms with Gasteiger partial charge in [-0.1, -0.05) is 105 Å². The first-order valence-corrected chi connectivity index (χ1v) is 18.7. The molecule has 0 bridgehead atoms. The lowest BCUT2D eigenvalue weighted by molar-refractivity contribution is 0.627. The van der Waals surface area contributed by atoms with Crippen molar-refractivity contribution < 1.29 is 8.78 Å². The maximum absolute atomic E-state index is 14.3. The lowest BCUT2D eigenvalue weighted by Crippen LogP contribution is -2.17. The lowest BCUT2D eigenvalue weighted by atomic mass is 9.77. The van der Waals surface area contributed by atoms with Crippen molar-refractivity contribution in [1.82, 2.24) is 0 Å². The van der Waals surface area contributed by atoms with Crippen LogP contribution in [0.4, 0.5) is 42.9 Å². The number of nitrogens with zero attached hydrogens (tertiary/aromatic N) is 2. The van der Waals surface area contributed by atoms with Gasteiger partial charge in [-0.15, -0.1) is 0 Å². The van der Waals surface area contributed by atoms with Crippen molar-refractivity contribution in [2.45, 2.75) is 19.3 Å². The van der Waals surface area contributed by atoms with Gasteiger partial charge in [-0.05, 0) is 140 Å². The van der Waals surface area contributed by atoms with Crippen LogP contribution in [0.15, 0.2) is 182 Å². The zero-order valence-electron chi connectivity index (χ0n) is 30.5. The topological polar surface area (TPSA) is 6.48 Å². The average molecular weight is 715 g/mol. The van der Waals surface area contributed by atoms with E-state index in [4.69, 9.17) is 0 Å². The van der Waals surface area contributed by atoms with Gasteiger partial charge in [0, 0.05) is 39.2 Å². The van der Waals surface area contributed by atoms with Gasteiger partial charge in [-0.3, -0.25) is 0 Å². The van der Waals surface area contributed by atoms with Crippen LogP contribution >= 0.6 is 0 Å². The van der Waals surface area contributed by atoms with Gasteiger partial charge in [-0.25, -0.2) is 8.78 Å². The third kappa shape index (κ3) is 5.20. The number of hydrogen-bond donors (Lipinski definition) is 0. The monoisotopic (exact) mass is 714 g/mol. The molecule has 0 spiro atoms. The van der Waals surface area contributed by atoms with Gasteiger partial charge < -0.3 is 9.80 Å². The van der Waals surface area contributed by atoms with Crippen molar-refractivity contribution in [3.8, 4) is 11.1 Å². The van der Waals surface area contributed by atoms with Crippen LogP contribution < -0.4 is 9.80 Å². The van der Waals surface area contributed by atoms with Crippen molar-refractivity contribution in [2.24, 2.45) is 0 Å². The molecule has 4 heteroatoms. The molecule has 0 saturated carbocycles. The summed E-state index contributed by atoms with van der Waals surface area (Å²) in [7, 11) is 0. The first-order chi connectivity index (χ1) is 26.9. The van der Waals surface area contributed by atoms with Gasteiger partial charge in [0.15, 0.2) is 0 Å². The minimum atomic E-state index is -0.351. The third-order valence-corrected chi connectivity index (χ3v) is 11.2. The number of halogens is 2. The quantitative estimate of drug-likeness (QED) is 0.158. The summed E-state index contributed by atoms with van der Waals surface area (Å²) in [5.41, 5.74) is 10.5. The first kappa shape index (κ1) is 32.8. The standard InChI is InChI=1S/C51H36F2N2/c1-51(2)49-43-20-12-10-18-41(43)47(55(36-15-7-4-8-16-36)38-27-23-34(53)24-28-38)32-46(49)48-42-19-11-9-17-40(42)45-31-39(29-30-44(45)50(48)51)54(35-13-5-3-6-14-35)37-25-21-33(52)22-26-37/h3-32H,1-2H3. The number of fused-ring (bicyclic) bond motifs is 10. The Morgan fingerprint density at radius 1 is 0.364 bits per heavy atom. The van der Waals surface area contributed by atoms with E-state index in [2.05, 4.69) is 121 Å². The second kappa shape index (κ2) is 12.7. The summed E-state index contributed by atoms with van der Waals surface area (Å²) in [4.78, 5) is 4.43. The van der Waals surface area contributed by atoms with Crippen LogP contribution in [0.25, 0.3) is 43.4 Å². The predicted molar refractivity (Wildman–Crippen MR) is 226 cm³/mol. The van der Waals surface area contributed by atoms with E-state index in [0.29, 0.717) is 0 Å². The van der Waals surface area contributed by atoms with E-state index in [-0.39, 0.29) is 17.0 Å². The summed E-state index contributed by atoms with van der Waals surface area (Å²) >= 11 is 0. The number of hydrogen-bond acceptors (Lipinski definition) is 2. The largest absolute Gasteiger partial charge is 0.310 e. The van der Waals surface area contributed by atoms with E-state index in [1.165, 1.54) is 68.1 Å². The Bertz CT molecular complexity index is 2900. The van der Waals surface area contributed by atoms with Crippen molar-refractivity contribution in [1.29, 1.82) is 0 Å². The van der Waals surface area contributed by atoms with Gasteiger partial charge >= 0.3 is 0 Å². The van der Waals surface area contributed by atoms with E-state index < -0.39 is 0 Å². The highest BCUT2D eigenvalue weighted by molar-refractivity contribution is 6.21. The molecular formula is C51H36F2N2. The Morgan fingerprint density at radius 3 is 1.44 bits per heavy atom. The van der Waals surface area contributed by atoms with Crippen LogP contribution in [0, 0.1) is 11.6 Å². The van der Waals surface area contributed by atoms with Gasteiger partial charge in [0.2, 0.25) is 0 Å². The minimum Gasteiger partial charge on any atom is -0.310 e. The number of para-hydroxylation sites is 2. The predicted octanol–water partition coefficient (Wildman–Crippen LogP) is 14.7. The first-order valence-electron chi connectivity index (χ1n) is 18.7. The molecule has 0 saturated heterocycles. The highest BCUT2D eigenvalue weighted by atomic mass is 19.1. The summed E-state index contributed by atoms with van der Waals surface area (Å²) in [5, 5.41) is 7.05. The fraction of sp³-hybridized carbons (Fsp3) is 0.0588. The molecule has 1 aliphatic rings. The molecule has 9 aromatic rings. The van der Waals surface area contributed by atoms with Crippen molar-refractivity contribution in [3.63, 3.8) is 0 Å². The molecule has 0 radical (unpaired) electrons. The summed E-state index contributed by atoms with van der Waals surface area (Å²) in [5.74, 6) is -0.531. The Kier molecular flexibility index (Phi) is 7.57. The molecular weight excluding hydrogens is 679 g/mol. The van der Waals surface area contributed by atoms with Crippen LogP contribution in [0.2, 0.25) is 0 Å². The van der Waals surface area contributed by atoms with Crippen molar-refractivity contribution >= 4 is 66.4 Å². The fourth-order valence-corrected chi connectivity index (χ4v) is 8.99. The van der Waals surface area contributed by atoms with E-state index in [9.17, 15) is 8.78 Å². The van der Waals surface area contributed by atoms with Gasteiger partial charge in [-0.2, -0.15) is 0 Å². The number of benzene rings is 9. The Morgan fingerprint density at radius 2 is 0.818 bits per heavy atom. The average Bonchev–Trinajstić information content (AvgIpc) is 3.47. The lowest BCUT2D eigenvalue weighted by Gasteiger charge is -2.30. The van der Waals surface area contributed by atoms with E-state index in [1.807, 2.05) is 60.7 Å². The Balaban J connectivity index is 1.26. The van der Waals surface area contributed by atoms with Crippen molar-refractivity contribution in [3.05, 3.63) is 205 Å². The maximum Gasteiger partial charge on any atom is 0.123 e. The molecule has 2 nitrogen and oxygen atoms in total. The third-order valence-electron chi connectivity index (χ3n) is 11.2. The molecule has 0 atom stereocenters. The Hall–Kier alpha value is -6.78. The van der Waals surface area contributed by atoms with Crippen LogP contribution in [-0.4, -0.2) is 0 Å². The highest BCUT2D eigenvalue weighted by Gasteiger charge is 2.41. The van der Waals surface area contributed by atoms with Gasteiger partial charge in [0.1, 0.15) is 11.6 Å². The maximum atomic E-state index is 14.3.